The molecule has 4 aromatic rings. The number of amides is 1. The van der Waals surface area contributed by atoms with E-state index in [0.29, 0.717) is 76.9 Å². The maximum Gasteiger partial charge on any atom is 0.410 e. The third-order valence-corrected chi connectivity index (χ3v) is 18.5. The Bertz CT molecular complexity index is 2180. The minimum Gasteiger partial charge on any atom is -0.444 e. The fourth-order valence-electron chi connectivity index (χ4n) is 9.21. The van der Waals surface area contributed by atoms with Crippen LogP contribution >= 0.6 is 0 Å². The summed E-state index contributed by atoms with van der Waals surface area (Å²) in [5.74, 6) is 3.39. The molecule has 3 saturated heterocycles. The number of likely N-dealkylation sites (N-methyl/N-ethyl adjacent to an activating group) is 1. The zero-order chi connectivity index (χ0) is 39.7. The van der Waals surface area contributed by atoms with Crippen molar-refractivity contribution in [2.75, 3.05) is 50.1 Å². The number of anilines is 2. The Morgan fingerprint density at radius 3 is 2.29 bits per heavy atom. The zero-order valence-corrected chi connectivity index (χ0v) is 35.2. The molecule has 0 aliphatic carbocycles. The van der Waals surface area contributed by atoms with Crippen LogP contribution in [0.15, 0.2) is 36.5 Å². The number of nitrogens with zero attached hydrogens (tertiary/aromatic N) is 7. The van der Waals surface area contributed by atoms with E-state index in [2.05, 4.69) is 67.7 Å². The third kappa shape index (κ3) is 6.71. The number of halogens is 2. The number of hydrogen-bond donors (Lipinski definition) is 0. The normalized spacial score (nSPS) is 19.0. The van der Waals surface area contributed by atoms with Crippen molar-refractivity contribution in [1.29, 1.82) is 0 Å². The summed E-state index contributed by atoms with van der Waals surface area (Å²) in [5, 5.41) is 1.80. The smallest absolute Gasteiger partial charge is 0.410 e. The molecule has 3 aliphatic heterocycles. The molecule has 0 N–H and O–H groups in total. The molecule has 3 aliphatic rings. The standard InChI is InChI=1S/C43H55F2N7O2Si/c1-25(2)55(26(3)4,27(5)6)20-18-30-33(44)16-15-28-13-12-14-31(36(28)30)38-37(45)39-32(21-46-38)40(48-41(47-39)50-22-29(23-50)49(10)11)52-24-35-34(52)17-19-51(35)42(53)54-43(7,8)9/h12-16,21,25-27,29,34-35H,17,19,22-24H2,1-11H3/t34-,35-/m1/s1. The molecular formula is C43H55F2N7O2Si. The van der Waals surface area contributed by atoms with Gasteiger partial charge in [-0.1, -0.05) is 71.7 Å². The van der Waals surface area contributed by atoms with Gasteiger partial charge in [-0.15, -0.1) is 5.54 Å². The number of carbonyl (C=O) groups is 1. The molecule has 0 spiro atoms. The van der Waals surface area contributed by atoms with Gasteiger partial charge in [-0.05, 0) is 69.4 Å². The molecule has 7 rings (SSSR count). The average Bonchev–Trinajstić information content (AvgIpc) is 3.39. The first-order valence-electron chi connectivity index (χ1n) is 19.7. The average molecular weight is 768 g/mol. The summed E-state index contributed by atoms with van der Waals surface area (Å²) >= 11 is 0. The first-order chi connectivity index (χ1) is 25.9. The lowest BCUT2D eigenvalue weighted by Crippen LogP contribution is -2.63. The lowest BCUT2D eigenvalue weighted by molar-refractivity contribution is 0.0193. The summed E-state index contributed by atoms with van der Waals surface area (Å²) in [4.78, 5) is 36.0. The molecule has 292 valence electrons. The van der Waals surface area contributed by atoms with E-state index in [9.17, 15) is 4.79 Å². The maximum atomic E-state index is 17.3. The van der Waals surface area contributed by atoms with Gasteiger partial charge in [0.15, 0.2) is 5.82 Å². The van der Waals surface area contributed by atoms with Gasteiger partial charge in [-0.25, -0.2) is 18.6 Å². The van der Waals surface area contributed by atoms with E-state index in [1.54, 1.807) is 23.2 Å². The van der Waals surface area contributed by atoms with Gasteiger partial charge in [0, 0.05) is 49.4 Å². The highest BCUT2D eigenvalue weighted by Gasteiger charge is 2.51. The van der Waals surface area contributed by atoms with Gasteiger partial charge < -0.3 is 24.3 Å². The van der Waals surface area contributed by atoms with Gasteiger partial charge in [0.1, 0.15) is 36.5 Å². The Morgan fingerprint density at radius 1 is 0.964 bits per heavy atom. The number of carbonyl (C=O) groups excluding carboxylic acids is 1. The van der Waals surface area contributed by atoms with E-state index >= 15 is 8.78 Å². The van der Waals surface area contributed by atoms with Gasteiger partial charge in [-0.2, -0.15) is 4.98 Å². The summed E-state index contributed by atoms with van der Waals surface area (Å²) in [7, 11) is 1.88. The maximum absolute atomic E-state index is 17.3. The van der Waals surface area contributed by atoms with E-state index < -0.39 is 25.3 Å². The Kier molecular flexibility index (Phi) is 10.1. The summed E-state index contributed by atoms with van der Waals surface area (Å²) < 4.78 is 39.1. The fourth-order valence-corrected chi connectivity index (χ4v) is 14.4. The molecular weight excluding hydrogens is 713 g/mol. The molecule has 9 nitrogen and oxygen atoms in total. The second-order valence-corrected chi connectivity index (χ2v) is 23.4. The second-order valence-electron chi connectivity index (χ2n) is 17.8. The number of rotatable bonds is 7. The summed E-state index contributed by atoms with van der Waals surface area (Å²) in [6.07, 6.45) is 2.07. The van der Waals surface area contributed by atoms with Crippen molar-refractivity contribution < 1.29 is 18.3 Å². The van der Waals surface area contributed by atoms with Crippen LogP contribution in [0.2, 0.25) is 16.6 Å². The first kappa shape index (κ1) is 38.9. The van der Waals surface area contributed by atoms with Gasteiger partial charge in [0.25, 0.3) is 0 Å². The van der Waals surface area contributed by atoms with Crippen molar-refractivity contribution in [2.45, 2.75) is 109 Å². The predicted octanol–water partition coefficient (Wildman–Crippen LogP) is 8.64. The van der Waals surface area contributed by atoms with E-state index in [4.69, 9.17) is 19.7 Å². The molecule has 55 heavy (non-hydrogen) atoms. The highest BCUT2D eigenvalue weighted by Crippen LogP contribution is 2.43. The van der Waals surface area contributed by atoms with Crippen LogP contribution in [0.25, 0.3) is 32.9 Å². The van der Waals surface area contributed by atoms with Gasteiger partial charge >= 0.3 is 6.09 Å². The van der Waals surface area contributed by atoms with Crippen LogP contribution in [0, 0.1) is 23.1 Å². The van der Waals surface area contributed by atoms with Crippen LogP contribution in [-0.4, -0.2) is 103 Å². The number of aromatic nitrogens is 3. The molecule has 1 amide bonds. The molecule has 5 heterocycles. The Hall–Kier alpha value is -4.34. The van der Waals surface area contributed by atoms with Crippen LogP contribution in [-0.2, 0) is 4.74 Å². The van der Waals surface area contributed by atoms with Crippen LogP contribution in [0.5, 0.6) is 0 Å². The lowest BCUT2D eigenvalue weighted by atomic mass is 9.95. The predicted molar refractivity (Wildman–Crippen MR) is 220 cm³/mol. The van der Waals surface area contributed by atoms with Crippen molar-refractivity contribution in [3.05, 3.63) is 53.7 Å². The second kappa shape index (κ2) is 14.3. The molecule has 0 radical (unpaired) electrons. The van der Waals surface area contributed by atoms with Crippen molar-refractivity contribution >= 4 is 47.6 Å². The van der Waals surface area contributed by atoms with Gasteiger partial charge in [0.05, 0.1) is 23.0 Å². The number of hydrogen-bond acceptors (Lipinski definition) is 8. The molecule has 2 aromatic carbocycles. The van der Waals surface area contributed by atoms with E-state index in [-0.39, 0.29) is 35.0 Å². The quantitative estimate of drug-likeness (QED) is 0.137. The first-order valence-corrected chi connectivity index (χ1v) is 21.9. The monoisotopic (exact) mass is 767 g/mol. The Morgan fingerprint density at radius 2 is 1.65 bits per heavy atom. The minimum absolute atomic E-state index is 0.00693. The number of pyridine rings is 1. The highest BCUT2D eigenvalue weighted by atomic mass is 28.3. The van der Waals surface area contributed by atoms with Gasteiger partial charge in [-0.3, -0.25) is 4.98 Å². The summed E-state index contributed by atoms with van der Waals surface area (Å²) in [5.41, 5.74) is 5.19. The molecule has 2 aromatic heterocycles. The fraction of sp³-hybridized carbons (Fsp3) is 0.535. The highest BCUT2D eigenvalue weighted by molar-refractivity contribution is 6.90. The van der Waals surface area contributed by atoms with E-state index in [1.165, 1.54) is 6.07 Å². The molecule has 3 fully saturated rings. The van der Waals surface area contributed by atoms with Crippen LogP contribution in [0.4, 0.5) is 25.3 Å². The van der Waals surface area contributed by atoms with Gasteiger partial charge in [0.2, 0.25) is 5.95 Å². The van der Waals surface area contributed by atoms with Crippen molar-refractivity contribution in [3.8, 4) is 22.7 Å². The van der Waals surface area contributed by atoms with Crippen LogP contribution in [0.3, 0.4) is 0 Å². The minimum atomic E-state index is -2.21. The van der Waals surface area contributed by atoms with Crippen molar-refractivity contribution in [3.63, 3.8) is 0 Å². The summed E-state index contributed by atoms with van der Waals surface area (Å²) in [6, 6.07) is 9.05. The SMILES string of the molecule is CC(C)[Si](C#Cc1c(F)ccc2cccc(-c3ncc4c(N5C[C@@H]6[C@H]5CCN6C(=O)OC(C)(C)C)nc(N5CC(N(C)C)C5)nc4c3F)c12)(C(C)C)C(C)C. The molecule has 2 atom stereocenters. The topological polar surface area (TPSA) is 77.9 Å². The van der Waals surface area contributed by atoms with E-state index in [0.717, 1.165) is 11.8 Å². The number of ether oxygens (including phenoxy) is 1. The zero-order valence-electron chi connectivity index (χ0n) is 34.2. The Balaban J connectivity index is 1.35. The van der Waals surface area contributed by atoms with Crippen molar-refractivity contribution in [2.24, 2.45) is 0 Å². The molecule has 0 unspecified atom stereocenters. The van der Waals surface area contributed by atoms with Crippen molar-refractivity contribution in [1.82, 2.24) is 24.8 Å². The summed E-state index contributed by atoms with van der Waals surface area (Å²) in [6.45, 7) is 21.5. The number of benzene rings is 2. The van der Waals surface area contributed by atoms with Crippen LogP contribution < -0.4 is 9.80 Å². The van der Waals surface area contributed by atoms with Crippen LogP contribution in [0.1, 0.15) is 74.3 Å². The molecule has 12 heteroatoms. The molecule has 0 saturated carbocycles. The third-order valence-electron chi connectivity index (χ3n) is 12.2. The number of likely N-dealkylation sites (tertiary alicyclic amines) is 1. The van der Waals surface area contributed by atoms with E-state index in [1.807, 2.05) is 47.0 Å². The lowest BCUT2D eigenvalue weighted by Gasteiger charge is -2.48. The molecule has 0 bridgehead atoms. The largest absolute Gasteiger partial charge is 0.444 e. The number of fused-ring (bicyclic) bond motifs is 3. The Labute approximate surface area is 325 Å².